The molecule has 0 unspecified atom stereocenters. The summed E-state index contributed by atoms with van der Waals surface area (Å²) in [6.45, 7) is 7.07. The van der Waals surface area contributed by atoms with Gasteiger partial charge in [0, 0.05) is 16.8 Å². The first kappa shape index (κ1) is 18.1. The van der Waals surface area contributed by atoms with Crippen molar-refractivity contribution in [3.63, 3.8) is 0 Å². The Balaban J connectivity index is 1.70. The molecular formula is C19H19N3O3S. The summed E-state index contributed by atoms with van der Waals surface area (Å²) in [5.41, 5.74) is 4.42. The molecule has 1 N–H and O–H groups in total. The predicted molar refractivity (Wildman–Crippen MR) is 99.8 cm³/mol. The van der Waals surface area contributed by atoms with Gasteiger partial charge in [0.05, 0.1) is 11.4 Å². The molecule has 0 fully saturated rings. The van der Waals surface area contributed by atoms with E-state index in [0.717, 1.165) is 11.1 Å². The molecule has 0 aliphatic heterocycles. The molecule has 0 saturated heterocycles. The highest BCUT2D eigenvalue weighted by Gasteiger charge is 2.20. The number of Topliss-reactive ketones (excluding diaryl/α,β-unsaturated/α-hetero) is 2. The third-order valence-electron chi connectivity index (χ3n) is 4.10. The number of aromatic amines is 1. The van der Waals surface area contributed by atoms with Gasteiger partial charge in [-0.25, -0.2) is 0 Å². The van der Waals surface area contributed by atoms with Crippen molar-refractivity contribution in [1.82, 2.24) is 15.2 Å². The van der Waals surface area contributed by atoms with Gasteiger partial charge in [0.15, 0.2) is 11.6 Å². The fraction of sp³-hybridized carbons (Fsp3) is 0.263. The summed E-state index contributed by atoms with van der Waals surface area (Å²) in [5, 5.41) is 8.34. The van der Waals surface area contributed by atoms with Crippen LogP contribution in [0.1, 0.15) is 44.6 Å². The number of nitrogens with zero attached hydrogens (tertiary/aromatic N) is 2. The van der Waals surface area contributed by atoms with Gasteiger partial charge in [-0.15, -0.1) is 10.2 Å². The van der Waals surface area contributed by atoms with Crippen molar-refractivity contribution in [2.24, 2.45) is 0 Å². The second kappa shape index (κ2) is 7.29. The standard InChI is InChI=1S/C19H19N3O3S/c1-10-5-7-14(8-6-10)18-21-22-19(25-18)26-9-15(24)17-11(2)16(13(4)23)12(3)20-17/h5-8,20H,9H2,1-4H3. The Morgan fingerprint density at radius 1 is 1.12 bits per heavy atom. The minimum Gasteiger partial charge on any atom is -0.411 e. The van der Waals surface area contributed by atoms with Gasteiger partial charge in [-0.3, -0.25) is 9.59 Å². The number of aryl methyl sites for hydroxylation is 2. The maximum Gasteiger partial charge on any atom is 0.277 e. The van der Waals surface area contributed by atoms with Crippen LogP contribution in [0, 0.1) is 20.8 Å². The number of thioether (sulfide) groups is 1. The van der Waals surface area contributed by atoms with Gasteiger partial charge in [-0.1, -0.05) is 29.5 Å². The van der Waals surface area contributed by atoms with Crippen molar-refractivity contribution in [2.75, 3.05) is 5.75 Å². The third-order valence-corrected chi connectivity index (χ3v) is 4.92. The van der Waals surface area contributed by atoms with Crippen LogP contribution in [0.25, 0.3) is 11.5 Å². The van der Waals surface area contributed by atoms with E-state index in [9.17, 15) is 9.59 Å². The first-order valence-corrected chi connectivity index (χ1v) is 9.12. The normalized spacial score (nSPS) is 10.9. The largest absolute Gasteiger partial charge is 0.411 e. The van der Waals surface area contributed by atoms with Crippen LogP contribution in [0.5, 0.6) is 0 Å². The summed E-state index contributed by atoms with van der Waals surface area (Å²) >= 11 is 1.18. The molecule has 0 aliphatic carbocycles. The lowest BCUT2D eigenvalue weighted by molar-refractivity contribution is 0.101. The van der Waals surface area contributed by atoms with Crippen molar-refractivity contribution in [3.05, 3.63) is 52.3 Å². The Kier molecular flexibility index (Phi) is 5.08. The highest BCUT2D eigenvalue weighted by atomic mass is 32.2. The molecule has 0 bridgehead atoms. The quantitative estimate of drug-likeness (QED) is 0.518. The number of ketones is 2. The van der Waals surface area contributed by atoms with Crippen LogP contribution < -0.4 is 0 Å². The molecule has 3 rings (SSSR count). The molecule has 2 aromatic heterocycles. The van der Waals surface area contributed by atoms with E-state index in [1.54, 1.807) is 13.8 Å². The van der Waals surface area contributed by atoms with Crippen molar-refractivity contribution in [1.29, 1.82) is 0 Å². The third kappa shape index (κ3) is 3.62. The molecule has 7 heteroatoms. The van der Waals surface area contributed by atoms with Gasteiger partial charge in [-0.05, 0) is 45.4 Å². The number of carbonyl (C=O) groups excluding carboxylic acids is 2. The highest BCUT2D eigenvalue weighted by molar-refractivity contribution is 7.99. The lowest BCUT2D eigenvalue weighted by Crippen LogP contribution is -2.05. The zero-order chi connectivity index (χ0) is 18.8. The van der Waals surface area contributed by atoms with Gasteiger partial charge in [0.25, 0.3) is 5.22 Å². The minimum atomic E-state index is -0.113. The number of nitrogens with one attached hydrogen (secondary N) is 1. The molecule has 26 heavy (non-hydrogen) atoms. The van der Waals surface area contributed by atoms with Crippen molar-refractivity contribution >= 4 is 23.3 Å². The summed E-state index contributed by atoms with van der Waals surface area (Å²) in [4.78, 5) is 27.2. The lowest BCUT2D eigenvalue weighted by atomic mass is 10.1. The summed E-state index contributed by atoms with van der Waals surface area (Å²) < 4.78 is 5.62. The average molecular weight is 369 g/mol. The summed E-state index contributed by atoms with van der Waals surface area (Å²) in [5.74, 6) is 0.403. The SMILES string of the molecule is CC(=O)c1c(C)[nH]c(C(=O)CSc2nnc(-c3ccc(C)cc3)o2)c1C. The Bertz CT molecular complexity index is 971. The number of rotatable bonds is 6. The zero-order valence-electron chi connectivity index (χ0n) is 15.0. The molecular weight excluding hydrogens is 350 g/mol. The molecule has 0 atom stereocenters. The van der Waals surface area contributed by atoms with Crippen LogP contribution in [-0.2, 0) is 0 Å². The Morgan fingerprint density at radius 3 is 2.42 bits per heavy atom. The first-order chi connectivity index (χ1) is 12.4. The monoisotopic (exact) mass is 369 g/mol. The number of H-pyrrole nitrogens is 1. The van der Waals surface area contributed by atoms with E-state index in [1.807, 2.05) is 31.2 Å². The van der Waals surface area contributed by atoms with Crippen LogP contribution in [0.3, 0.4) is 0 Å². The van der Waals surface area contributed by atoms with Gasteiger partial charge in [0.2, 0.25) is 5.89 Å². The topological polar surface area (TPSA) is 88.9 Å². The van der Waals surface area contributed by atoms with Gasteiger partial charge >= 0.3 is 0 Å². The molecule has 2 heterocycles. The van der Waals surface area contributed by atoms with Crippen LogP contribution in [0.2, 0.25) is 0 Å². The van der Waals surface area contributed by atoms with Crippen LogP contribution in [-0.4, -0.2) is 32.5 Å². The highest BCUT2D eigenvalue weighted by Crippen LogP contribution is 2.25. The van der Waals surface area contributed by atoms with E-state index in [-0.39, 0.29) is 17.3 Å². The second-order valence-corrected chi connectivity index (χ2v) is 7.06. The van der Waals surface area contributed by atoms with E-state index < -0.39 is 0 Å². The van der Waals surface area contributed by atoms with E-state index in [1.165, 1.54) is 18.7 Å². The molecule has 6 nitrogen and oxygen atoms in total. The van der Waals surface area contributed by atoms with E-state index in [2.05, 4.69) is 15.2 Å². The number of aromatic nitrogens is 3. The number of hydrogen-bond acceptors (Lipinski definition) is 6. The van der Waals surface area contributed by atoms with Gasteiger partial charge in [-0.2, -0.15) is 0 Å². The zero-order valence-corrected chi connectivity index (χ0v) is 15.9. The van der Waals surface area contributed by atoms with Gasteiger partial charge < -0.3 is 9.40 Å². The summed E-state index contributed by atoms with van der Waals surface area (Å²) in [7, 11) is 0. The molecule has 1 aromatic carbocycles. The van der Waals surface area contributed by atoms with Crippen LogP contribution in [0.15, 0.2) is 33.9 Å². The lowest BCUT2D eigenvalue weighted by Gasteiger charge is -1.99. The number of hydrogen-bond donors (Lipinski definition) is 1. The summed E-state index contributed by atoms with van der Waals surface area (Å²) in [6, 6.07) is 7.77. The van der Waals surface area contributed by atoms with E-state index in [4.69, 9.17) is 4.42 Å². The Labute approximate surface area is 155 Å². The van der Waals surface area contributed by atoms with E-state index in [0.29, 0.717) is 33.6 Å². The van der Waals surface area contributed by atoms with Crippen molar-refractivity contribution in [2.45, 2.75) is 32.9 Å². The predicted octanol–water partition coefficient (Wildman–Crippen LogP) is 4.17. The van der Waals surface area contributed by atoms with Crippen molar-refractivity contribution in [3.8, 4) is 11.5 Å². The Morgan fingerprint density at radius 2 is 1.81 bits per heavy atom. The number of carbonyl (C=O) groups is 2. The fourth-order valence-corrected chi connectivity index (χ4v) is 3.47. The minimum absolute atomic E-state index is 0.0532. The van der Waals surface area contributed by atoms with Crippen LogP contribution in [0.4, 0.5) is 0 Å². The molecule has 0 saturated carbocycles. The van der Waals surface area contributed by atoms with Crippen molar-refractivity contribution < 1.29 is 14.0 Å². The molecule has 0 aliphatic rings. The van der Waals surface area contributed by atoms with E-state index >= 15 is 0 Å². The maximum atomic E-state index is 12.5. The molecule has 0 spiro atoms. The van der Waals surface area contributed by atoms with Crippen LogP contribution >= 0.6 is 11.8 Å². The molecule has 134 valence electrons. The second-order valence-electron chi connectivity index (χ2n) is 6.13. The Hall–Kier alpha value is -2.67. The fourth-order valence-electron chi connectivity index (χ4n) is 2.84. The average Bonchev–Trinajstić information content (AvgIpc) is 3.18. The molecule has 0 amide bonds. The maximum absolute atomic E-state index is 12.5. The number of benzene rings is 1. The first-order valence-electron chi connectivity index (χ1n) is 8.13. The summed E-state index contributed by atoms with van der Waals surface area (Å²) in [6.07, 6.45) is 0. The molecule has 3 aromatic rings. The molecule has 0 radical (unpaired) electrons. The van der Waals surface area contributed by atoms with Gasteiger partial charge in [0.1, 0.15) is 0 Å². The smallest absolute Gasteiger partial charge is 0.277 e.